The van der Waals surface area contributed by atoms with Crippen molar-refractivity contribution >= 4 is 27.8 Å². The number of ether oxygens (including phenoxy) is 1. The maximum Gasteiger partial charge on any atom is 0.338 e. The van der Waals surface area contributed by atoms with Gasteiger partial charge in [-0.15, -0.1) is 0 Å². The third kappa shape index (κ3) is 4.90. The summed E-state index contributed by atoms with van der Waals surface area (Å²) in [5.41, 5.74) is 0.296. The summed E-state index contributed by atoms with van der Waals surface area (Å²) in [6, 6.07) is 6.98. The third-order valence-electron chi connectivity index (χ3n) is 3.12. The Morgan fingerprint density at radius 1 is 1.20 bits per heavy atom. The molecule has 0 atom stereocenters. The lowest BCUT2D eigenvalue weighted by atomic mass is 10.2. The minimum atomic E-state index is -3.83. The number of carbonyl (C=O) groups is 1. The number of hydrogen-bond acceptors (Lipinski definition) is 7. The van der Waals surface area contributed by atoms with Gasteiger partial charge in [0.2, 0.25) is 5.95 Å². The number of esters is 1. The number of anilines is 2. The number of sulfonamides is 1. The average Bonchev–Trinajstić information content (AvgIpc) is 2.59. The van der Waals surface area contributed by atoms with Crippen molar-refractivity contribution in [3.05, 3.63) is 42.1 Å². The highest BCUT2D eigenvalue weighted by atomic mass is 32.2. The number of nitrogens with zero attached hydrogens (tertiary/aromatic N) is 3. The standard InChI is InChI=1S/C16H20N4O4S/c1-4-11-24-15(21)12-5-7-13(8-6-12)25(22,23)19-14-9-10-17-16(18-14)20(2)3/h5-10H,4,11H2,1-3H3,(H,17,18,19). The van der Waals surface area contributed by atoms with Crippen molar-refractivity contribution in [3.8, 4) is 0 Å². The first-order valence-corrected chi connectivity index (χ1v) is 9.12. The lowest BCUT2D eigenvalue weighted by Crippen LogP contribution is -2.17. The van der Waals surface area contributed by atoms with Crippen molar-refractivity contribution in [2.75, 3.05) is 30.3 Å². The average molecular weight is 364 g/mol. The van der Waals surface area contributed by atoms with Crippen LogP contribution in [0.3, 0.4) is 0 Å². The molecular formula is C16H20N4O4S. The maximum atomic E-state index is 12.4. The normalized spacial score (nSPS) is 11.0. The second-order valence-corrected chi connectivity index (χ2v) is 7.08. The quantitative estimate of drug-likeness (QED) is 0.749. The van der Waals surface area contributed by atoms with Crippen molar-refractivity contribution in [2.45, 2.75) is 18.2 Å². The van der Waals surface area contributed by atoms with E-state index in [9.17, 15) is 13.2 Å². The Labute approximate surface area is 146 Å². The summed E-state index contributed by atoms with van der Waals surface area (Å²) >= 11 is 0. The molecule has 0 saturated heterocycles. The number of rotatable bonds is 7. The van der Waals surface area contributed by atoms with Crippen LogP contribution in [-0.2, 0) is 14.8 Å². The molecule has 9 heteroatoms. The lowest BCUT2D eigenvalue weighted by Gasteiger charge is -2.12. The second kappa shape index (κ2) is 7.93. The van der Waals surface area contributed by atoms with E-state index in [0.717, 1.165) is 6.42 Å². The van der Waals surface area contributed by atoms with Crippen LogP contribution < -0.4 is 9.62 Å². The summed E-state index contributed by atoms with van der Waals surface area (Å²) < 4.78 is 32.3. The zero-order valence-electron chi connectivity index (χ0n) is 14.3. The van der Waals surface area contributed by atoms with E-state index in [4.69, 9.17) is 4.74 Å². The van der Waals surface area contributed by atoms with Crippen LogP contribution >= 0.6 is 0 Å². The van der Waals surface area contributed by atoms with Gasteiger partial charge in [-0.3, -0.25) is 4.72 Å². The fourth-order valence-corrected chi connectivity index (χ4v) is 2.87. The van der Waals surface area contributed by atoms with Gasteiger partial charge >= 0.3 is 5.97 Å². The maximum absolute atomic E-state index is 12.4. The SMILES string of the molecule is CCCOC(=O)c1ccc(S(=O)(=O)Nc2ccnc(N(C)C)n2)cc1. The van der Waals surface area contributed by atoms with Gasteiger partial charge in [0.15, 0.2) is 0 Å². The van der Waals surface area contributed by atoms with E-state index in [1.54, 1.807) is 19.0 Å². The predicted molar refractivity (Wildman–Crippen MR) is 94.2 cm³/mol. The van der Waals surface area contributed by atoms with Gasteiger partial charge in [-0.05, 0) is 36.8 Å². The monoisotopic (exact) mass is 364 g/mol. The summed E-state index contributed by atoms with van der Waals surface area (Å²) in [5, 5.41) is 0. The number of aromatic nitrogens is 2. The van der Waals surface area contributed by atoms with Crippen LogP contribution in [0, 0.1) is 0 Å². The molecule has 0 aliphatic carbocycles. The first-order valence-electron chi connectivity index (χ1n) is 7.64. The molecule has 0 spiro atoms. The molecule has 1 N–H and O–H groups in total. The van der Waals surface area contributed by atoms with Crippen LogP contribution in [0.2, 0.25) is 0 Å². The molecule has 0 aliphatic rings. The molecule has 1 heterocycles. The molecule has 0 radical (unpaired) electrons. The van der Waals surface area contributed by atoms with Crippen molar-refractivity contribution in [2.24, 2.45) is 0 Å². The topological polar surface area (TPSA) is 101 Å². The minimum absolute atomic E-state index is 0.0181. The zero-order chi connectivity index (χ0) is 18.4. The predicted octanol–water partition coefficient (Wildman–Crippen LogP) is 1.91. The Hall–Kier alpha value is -2.68. The van der Waals surface area contributed by atoms with Gasteiger partial charge in [-0.1, -0.05) is 6.92 Å². The van der Waals surface area contributed by atoms with E-state index in [0.29, 0.717) is 18.1 Å². The molecule has 0 saturated carbocycles. The molecule has 0 fully saturated rings. The van der Waals surface area contributed by atoms with Crippen LogP contribution in [0.1, 0.15) is 23.7 Å². The molecule has 1 aromatic heterocycles. The van der Waals surface area contributed by atoms with Gasteiger partial charge < -0.3 is 9.64 Å². The molecule has 134 valence electrons. The molecule has 8 nitrogen and oxygen atoms in total. The fourth-order valence-electron chi connectivity index (χ4n) is 1.87. The van der Waals surface area contributed by atoms with Crippen LogP contribution in [0.4, 0.5) is 11.8 Å². The zero-order valence-corrected chi connectivity index (χ0v) is 15.1. The molecule has 25 heavy (non-hydrogen) atoms. The highest BCUT2D eigenvalue weighted by Gasteiger charge is 2.17. The highest BCUT2D eigenvalue weighted by Crippen LogP contribution is 2.16. The van der Waals surface area contributed by atoms with Gasteiger partial charge in [-0.25, -0.2) is 18.2 Å². The molecule has 1 aromatic carbocycles. The summed E-state index contributed by atoms with van der Waals surface area (Å²) in [5.74, 6) is 0.0598. The Morgan fingerprint density at radius 2 is 1.88 bits per heavy atom. The Morgan fingerprint density at radius 3 is 2.48 bits per heavy atom. The highest BCUT2D eigenvalue weighted by molar-refractivity contribution is 7.92. The van der Waals surface area contributed by atoms with Gasteiger partial charge in [0.1, 0.15) is 5.82 Å². The molecule has 0 unspecified atom stereocenters. The van der Waals surface area contributed by atoms with Crippen LogP contribution in [0.15, 0.2) is 41.4 Å². The van der Waals surface area contributed by atoms with Gasteiger partial charge in [0, 0.05) is 20.3 Å². The van der Waals surface area contributed by atoms with Gasteiger partial charge in [0.05, 0.1) is 17.1 Å². The van der Waals surface area contributed by atoms with E-state index in [1.165, 1.54) is 36.5 Å². The van der Waals surface area contributed by atoms with E-state index in [1.807, 2.05) is 6.92 Å². The number of carbonyl (C=O) groups excluding carboxylic acids is 1. The van der Waals surface area contributed by atoms with Crippen LogP contribution in [0.5, 0.6) is 0 Å². The minimum Gasteiger partial charge on any atom is -0.462 e. The van der Waals surface area contributed by atoms with E-state index >= 15 is 0 Å². The number of hydrogen-bond donors (Lipinski definition) is 1. The van der Waals surface area contributed by atoms with Crippen LogP contribution in [-0.4, -0.2) is 45.1 Å². The second-order valence-electron chi connectivity index (χ2n) is 5.40. The smallest absolute Gasteiger partial charge is 0.338 e. The van der Waals surface area contributed by atoms with E-state index in [-0.39, 0.29) is 10.7 Å². The van der Waals surface area contributed by atoms with Gasteiger partial charge in [0.25, 0.3) is 10.0 Å². The summed E-state index contributed by atoms with van der Waals surface area (Å²) in [4.78, 5) is 21.6. The molecule has 0 aliphatic heterocycles. The lowest BCUT2D eigenvalue weighted by molar-refractivity contribution is 0.0505. The first kappa shape index (κ1) is 18.7. The molecular weight excluding hydrogens is 344 g/mol. The van der Waals surface area contributed by atoms with Crippen LogP contribution in [0.25, 0.3) is 0 Å². The Kier molecular flexibility index (Phi) is 5.92. The summed E-state index contributed by atoms with van der Waals surface area (Å²) in [6.07, 6.45) is 2.18. The number of benzene rings is 1. The first-order chi connectivity index (χ1) is 11.8. The van der Waals surface area contributed by atoms with Gasteiger partial charge in [-0.2, -0.15) is 4.98 Å². The largest absolute Gasteiger partial charge is 0.462 e. The Bertz CT molecular complexity index is 835. The fraction of sp³-hybridized carbons (Fsp3) is 0.312. The van der Waals surface area contributed by atoms with Crippen molar-refractivity contribution in [1.29, 1.82) is 0 Å². The summed E-state index contributed by atoms with van der Waals surface area (Å²) in [6.45, 7) is 2.21. The molecule has 0 amide bonds. The third-order valence-corrected chi connectivity index (χ3v) is 4.49. The van der Waals surface area contributed by atoms with Crippen molar-refractivity contribution in [3.63, 3.8) is 0 Å². The van der Waals surface area contributed by atoms with E-state index < -0.39 is 16.0 Å². The van der Waals surface area contributed by atoms with Crippen molar-refractivity contribution in [1.82, 2.24) is 9.97 Å². The molecule has 2 aromatic rings. The molecule has 0 bridgehead atoms. The van der Waals surface area contributed by atoms with E-state index in [2.05, 4.69) is 14.7 Å². The number of nitrogens with one attached hydrogen (secondary N) is 1. The molecule has 2 rings (SSSR count). The summed E-state index contributed by atoms with van der Waals surface area (Å²) in [7, 11) is -0.318. The van der Waals surface area contributed by atoms with Crippen molar-refractivity contribution < 1.29 is 17.9 Å². The Balaban J connectivity index is 2.17.